The van der Waals surface area contributed by atoms with E-state index < -0.39 is 0 Å². The van der Waals surface area contributed by atoms with Crippen LogP contribution in [0.5, 0.6) is 0 Å². The summed E-state index contributed by atoms with van der Waals surface area (Å²) in [7, 11) is 1.94. The quantitative estimate of drug-likeness (QED) is 0.766. The molecule has 0 amide bonds. The number of carbonyl (C=O) groups excluding carboxylic acids is 1. The van der Waals surface area contributed by atoms with Gasteiger partial charge in [-0.25, -0.2) is 0 Å². The van der Waals surface area contributed by atoms with E-state index >= 15 is 0 Å². The monoisotopic (exact) mass is 273 g/mol. The van der Waals surface area contributed by atoms with Gasteiger partial charge in [-0.3, -0.25) is 4.79 Å². The van der Waals surface area contributed by atoms with Gasteiger partial charge in [0, 0.05) is 23.3 Å². The first-order valence-corrected chi connectivity index (χ1v) is 6.46. The number of benzene rings is 2. The number of hydrogen-bond acceptors (Lipinski definition) is 2. The number of halogens is 1. The van der Waals surface area contributed by atoms with Crippen molar-refractivity contribution in [2.75, 3.05) is 11.9 Å². The minimum atomic E-state index is 0.622. The molecule has 0 spiro atoms. The Balaban J connectivity index is 2.51. The highest BCUT2D eigenvalue weighted by atomic mass is 35.5. The van der Waals surface area contributed by atoms with Crippen LogP contribution in [-0.2, 0) is 0 Å². The highest BCUT2D eigenvalue weighted by molar-refractivity contribution is 6.31. The summed E-state index contributed by atoms with van der Waals surface area (Å²) in [5, 5.41) is 0.622. The maximum absolute atomic E-state index is 11.1. The van der Waals surface area contributed by atoms with E-state index in [0.717, 1.165) is 17.7 Å². The van der Waals surface area contributed by atoms with Crippen molar-refractivity contribution < 1.29 is 4.79 Å². The molecule has 0 heterocycles. The van der Waals surface area contributed by atoms with Crippen LogP contribution in [0.25, 0.3) is 0 Å². The molecule has 0 unspecified atom stereocenters. The lowest BCUT2D eigenvalue weighted by atomic mass is 10.1. The third-order valence-electron chi connectivity index (χ3n) is 3.07. The molecule has 19 heavy (non-hydrogen) atoms. The van der Waals surface area contributed by atoms with Crippen LogP contribution in [0.3, 0.4) is 0 Å². The average Bonchev–Trinajstić information content (AvgIpc) is 2.36. The number of anilines is 2. The fourth-order valence-electron chi connectivity index (χ4n) is 2.19. The van der Waals surface area contributed by atoms with E-state index in [4.69, 9.17) is 11.6 Å². The van der Waals surface area contributed by atoms with Gasteiger partial charge in [0.2, 0.25) is 0 Å². The predicted molar refractivity (Wildman–Crippen MR) is 80.8 cm³/mol. The second-order valence-corrected chi connectivity index (χ2v) is 5.16. The van der Waals surface area contributed by atoms with Crippen molar-refractivity contribution >= 4 is 29.3 Å². The molecule has 2 aromatic rings. The first-order chi connectivity index (χ1) is 9.01. The van der Waals surface area contributed by atoms with Crippen molar-refractivity contribution in [2.45, 2.75) is 13.8 Å². The largest absolute Gasteiger partial charge is 0.344 e. The second-order valence-electron chi connectivity index (χ2n) is 4.73. The van der Waals surface area contributed by atoms with Crippen molar-refractivity contribution in [3.8, 4) is 0 Å². The van der Waals surface area contributed by atoms with Gasteiger partial charge < -0.3 is 4.90 Å². The van der Waals surface area contributed by atoms with Crippen LogP contribution in [0.2, 0.25) is 5.02 Å². The predicted octanol–water partition coefficient (Wildman–Crippen LogP) is 4.54. The molecule has 0 radical (unpaired) electrons. The van der Waals surface area contributed by atoms with Gasteiger partial charge in [0.1, 0.15) is 0 Å². The summed E-state index contributed by atoms with van der Waals surface area (Å²) < 4.78 is 0. The van der Waals surface area contributed by atoms with E-state index in [1.807, 2.05) is 18.0 Å². The molecule has 0 atom stereocenters. The number of hydrogen-bond donors (Lipinski definition) is 0. The molecule has 0 saturated heterocycles. The Morgan fingerprint density at radius 1 is 1.05 bits per heavy atom. The van der Waals surface area contributed by atoms with Gasteiger partial charge in [-0.05, 0) is 55.3 Å². The van der Waals surface area contributed by atoms with Crippen LogP contribution >= 0.6 is 11.6 Å². The molecule has 0 aliphatic rings. The number of carbonyl (C=O) groups is 1. The van der Waals surface area contributed by atoms with Crippen LogP contribution in [-0.4, -0.2) is 13.3 Å². The Bertz CT molecular complexity index is 602. The SMILES string of the molecule is Cc1cc(C)cc(N(C)c2cc(Cl)ccc2C=O)c1. The van der Waals surface area contributed by atoms with Crippen molar-refractivity contribution in [1.82, 2.24) is 0 Å². The zero-order chi connectivity index (χ0) is 14.0. The zero-order valence-corrected chi connectivity index (χ0v) is 12.0. The Kier molecular flexibility index (Phi) is 3.91. The first kappa shape index (κ1) is 13.6. The average molecular weight is 274 g/mol. The molecule has 98 valence electrons. The molecule has 0 bridgehead atoms. The summed E-state index contributed by atoms with van der Waals surface area (Å²) in [6, 6.07) is 11.6. The van der Waals surface area contributed by atoms with Crippen LogP contribution < -0.4 is 4.90 Å². The lowest BCUT2D eigenvalue weighted by molar-refractivity contribution is 0.112. The van der Waals surface area contributed by atoms with E-state index in [1.165, 1.54) is 11.1 Å². The van der Waals surface area contributed by atoms with Crippen LogP contribution in [0.1, 0.15) is 21.5 Å². The molecule has 2 rings (SSSR count). The van der Waals surface area contributed by atoms with Crippen molar-refractivity contribution in [3.63, 3.8) is 0 Å². The van der Waals surface area contributed by atoms with E-state index in [2.05, 4.69) is 32.0 Å². The summed E-state index contributed by atoms with van der Waals surface area (Å²) in [6.07, 6.45) is 0.852. The third kappa shape index (κ3) is 2.96. The molecular formula is C16H16ClNO. The second kappa shape index (κ2) is 5.45. The number of aldehydes is 1. The van der Waals surface area contributed by atoms with Gasteiger partial charge in [-0.2, -0.15) is 0 Å². The maximum Gasteiger partial charge on any atom is 0.152 e. The minimum Gasteiger partial charge on any atom is -0.344 e. The Morgan fingerprint density at radius 2 is 1.68 bits per heavy atom. The number of aryl methyl sites for hydroxylation is 2. The van der Waals surface area contributed by atoms with Gasteiger partial charge in [0.15, 0.2) is 6.29 Å². The summed E-state index contributed by atoms with van der Waals surface area (Å²) >= 11 is 6.03. The Labute approximate surface area is 118 Å². The van der Waals surface area contributed by atoms with Crippen molar-refractivity contribution in [3.05, 3.63) is 58.1 Å². The topological polar surface area (TPSA) is 20.3 Å². The molecule has 0 N–H and O–H groups in total. The fourth-order valence-corrected chi connectivity index (χ4v) is 2.36. The Morgan fingerprint density at radius 3 is 2.26 bits per heavy atom. The summed E-state index contributed by atoms with van der Waals surface area (Å²) in [4.78, 5) is 13.1. The molecule has 3 heteroatoms. The van der Waals surface area contributed by atoms with Crippen LogP contribution in [0, 0.1) is 13.8 Å². The number of rotatable bonds is 3. The van der Waals surface area contributed by atoms with E-state index in [1.54, 1.807) is 12.1 Å². The van der Waals surface area contributed by atoms with Gasteiger partial charge in [0.25, 0.3) is 0 Å². The highest BCUT2D eigenvalue weighted by Gasteiger charge is 2.10. The lowest BCUT2D eigenvalue weighted by Crippen LogP contribution is -2.12. The molecule has 2 aromatic carbocycles. The van der Waals surface area contributed by atoms with E-state index in [-0.39, 0.29) is 0 Å². The fraction of sp³-hybridized carbons (Fsp3) is 0.188. The van der Waals surface area contributed by atoms with Gasteiger partial charge in [0.05, 0.1) is 5.69 Å². The standard InChI is InChI=1S/C16H16ClNO/c1-11-6-12(2)8-15(7-11)18(3)16-9-14(17)5-4-13(16)10-19/h4-10H,1-3H3. The molecule has 0 aromatic heterocycles. The highest BCUT2D eigenvalue weighted by Crippen LogP contribution is 2.30. The zero-order valence-electron chi connectivity index (χ0n) is 11.3. The molecule has 0 aliphatic carbocycles. The van der Waals surface area contributed by atoms with Gasteiger partial charge in [-0.1, -0.05) is 17.7 Å². The van der Waals surface area contributed by atoms with Crippen molar-refractivity contribution in [2.24, 2.45) is 0 Å². The van der Waals surface area contributed by atoms with Gasteiger partial charge >= 0.3 is 0 Å². The molecule has 0 fully saturated rings. The molecule has 2 nitrogen and oxygen atoms in total. The Hall–Kier alpha value is -1.80. The third-order valence-corrected chi connectivity index (χ3v) is 3.31. The normalized spacial score (nSPS) is 10.3. The summed E-state index contributed by atoms with van der Waals surface area (Å²) in [5.41, 5.74) is 4.87. The maximum atomic E-state index is 11.1. The number of nitrogens with zero attached hydrogens (tertiary/aromatic N) is 1. The first-order valence-electron chi connectivity index (χ1n) is 6.08. The smallest absolute Gasteiger partial charge is 0.152 e. The molecular weight excluding hydrogens is 258 g/mol. The van der Waals surface area contributed by atoms with E-state index in [0.29, 0.717) is 10.6 Å². The minimum absolute atomic E-state index is 0.622. The molecule has 0 aliphatic heterocycles. The summed E-state index contributed by atoms with van der Waals surface area (Å²) in [5.74, 6) is 0. The van der Waals surface area contributed by atoms with E-state index in [9.17, 15) is 4.79 Å². The summed E-state index contributed by atoms with van der Waals surface area (Å²) in [6.45, 7) is 4.12. The molecule has 0 saturated carbocycles. The van der Waals surface area contributed by atoms with Crippen LogP contribution in [0.4, 0.5) is 11.4 Å². The lowest BCUT2D eigenvalue weighted by Gasteiger charge is -2.22. The van der Waals surface area contributed by atoms with Crippen LogP contribution in [0.15, 0.2) is 36.4 Å². The van der Waals surface area contributed by atoms with Gasteiger partial charge in [-0.15, -0.1) is 0 Å². The van der Waals surface area contributed by atoms with Crippen molar-refractivity contribution in [1.29, 1.82) is 0 Å².